The number of rotatable bonds is 4. The number of thioether (sulfide) groups is 1. The first kappa shape index (κ1) is 21.5. The third kappa shape index (κ3) is 4.22. The van der Waals surface area contributed by atoms with E-state index in [2.05, 4.69) is 53.6 Å². The molecule has 2 aromatic carbocycles. The van der Waals surface area contributed by atoms with Gasteiger partial charge in [-0.05, 0) is 47.9 Å². The Morgan fingerprint density at radius 2 is 1.87 bits per heavy atom. The number of hydrogen-bond acceptors (Lipinski definition) is 5. The van der Waals surface area contributed by atoms with Crippen LogP contribution in [0.1, 0.15) is 38.3 Å². The third-order valence-corrected chi connectivity index (χ3v) is 6.77. The maximum absolute atomic E-state index is 13.5. The van der Waals surface area contributed by atoms with E-state index in [1.54, 1.807) is 18.8 Å². The minimum atomic E-state index is -0.331. The Morgan fingerprint density at radius 3 is 2.55 bits per heavy atom. The SMILES string of the molecule is CNC(=O)CN1c2ccccc2NC2=C(C(=O)CC(C)(C)C2)C1c1ccc(SC)cc1. The number of fused-ring (bicyclic) bond motifs is 1. The molecule has 1 unspecified atom stereocenters. The van der Waals surface area contributed by atoms with E-state index in [-0.39, 0.29) is 29.7 Å². The maximum Gasteiger partial charge on any atom is 0.239 e. The van der Waals surface area contributed by atoms with E-state index < -0.39 is 0 Å². The van der Waals surface area contributed by atoms with Gasteiger partial charge in [0.1, 0.15) is 0 Å². The van der Waals surface area contributed by atoms with Gasteiger partial charge in [-0.15, -0.1) is 11.8 Å². The van der Waals surface area contributed by atoms with Crippen molar-refractivity contribution in [3.63, 3.8) is 0 Å². The summed E-state index contributed by atoms with van der Waals surface area (Å²) in [6, 6.07) is 16.0. The molecule has 0 aromatic heterocycles. The zero-order valence-electron chi connectivity index (χ0n) is 18.5. The Balaban J connectivity index is 1.95. The molecular weight excluding hydrogens is 406 g/mol. The Hall–Kier alpha value is -2.73. The zero-order chi connectivity index (χ0) is 22.2. The number of allylic oxidation sites excluding steroid dienone is 1. The van der Waals surface area contributed by atoms with Crippen molar-refractivity contribution in [1.29, 1.82) is 0 Å². The fraction of sp³-hybridized carbons (Fsp3) is 0.360. The summed E-state index contributed by atoms with van der Waals surface area (Å²) in [5.74, 6) is 0.0561. The van der Waals surface area contributed by atoms with Crippen LogP contribution in [0.4, 0.5) is 11.4 Å². The number of likely N-dealkylation sites (N-methyl/N-ethyl adjacent to an activating group) is 1. The summed E-state index contributed by atoms with van der Waals surface area (Å²) in [6.07, 6.45) is 3.33. The standard InChI is InChI=1S/C25H29N3O2S/c1-25(2)13-19-23(21(29)14-25)24(16-9-11-17(31-4)12-10-16)28(15-22(30)26-3)20-8-6-5-7-18(20)27-19/h5-12,24,27H,13-15H2,1-4H3,(H,26,30). The Morgan fingerprint density at radius 1 is 1.16 bits per heavy atom. The molecule has 2 N–H and O–H groups in total. The molecule has 2 aromatic rings. The molecule has 5 nitrogen and oxygen atoms in total. The highest BCUT2D eigenvalue weighted by Crippen LogP contribution is 2.48. The predicted octanol–water partition coefficient (Wildman–Crippen LogP) is 4.77. The van der Waals surface area contributed by atoms with Gasteiger partial charge in [0.05, 0.1) is 24.0 Å². The average Bonchev–Trinajstić information content (AvgIpc) is 2.87. The fourth-order valence-corrected chi connectivity index (χ4v) is 5.00. The molecule has 0 bridgehead atoms. The molecular formula is C25H29N3O2S. The number of Topliss-reactive ketones (excluding diaryl/α,β-unsaturated/α-hetero) is 1. The van der Waals surface area contributed by atoms with Crippen molar-refractivity contribution in [3.8, 4) is 0 Å². The molecule has 0 saturated heterocycles. The second-order valence-corrected chi connectivity index (χ2v) is 9.83. The summed E-state index contributed by atoms with van der Waals surface area (Å²) in [4.78, 5) is 29.3. The number of carbonyl (C=O) groups excluding carboxylic acids is 2. The van der Waals surface area contributed by atoms with Crippen LogP contribution < -0.4 is 15.5 Å². The molecule has 1 amide bonds. The van der Waals surface area contributed by atoms with Crippen LogP contribution in [0.2, 0.25) is 0 Å². The number of amides is 1. The van der Waals surface area contributed by atoms with E-state index in [1.807, 2.05) is 30.5 Å². The Bertz CT molecular complexity index is 1040. The van der Waals surface area contributed by atoms with Crippen LogP contribution in [-0.2, 0) is 9.59 Å². The molecule has 1 aliphatic heterocycles. The molecule has 1 atom stereocenters. The minimum Gasteiger partial charge on any atom is -0.358 e. The summed E-state index contributed by atoms with van der Waals surface area (Å²) in [6.45, 7) is 4.44. The third-order valence-electron chi connectivity index (χ3n) is 6.03. The van der Waals surface area contributed by atoms with Gasteiger partial charge in [0.25, 0.3) is 0 Å². The van der Waals surface area contributed by atoms with Crippen LogP contribution in [0.3, 0.4) is 0 Å². The van der Waals surface area contributed by atoms with Crippen LogP contribution in [0.5, 0.6) is 0 Å². The summed E-state index contributed by atoms with van der Waals surface area (Å²) >= 11 is 1.69. The summed E-state index contributed by atoms with van der Waals surface area (Å²) in [7, 11) is 1.64. The normalized spacial score (nSPS) is 19.8. The molecule has 1 aliphatic carbocycles. The van der Waals surface area contributed by atoms with E-state index >= 15 is 0 Å². The molecule has 2 aliphatic rings. The first-order valence-electron chi connectivity index (χ1n) is 10.6. The molecule has 4 rings (SSSR count). The Kier molecular flexibility index (Phi) is 5.84. The smallest absolute Gasteiger partial charge is 0.239 e. The summed E-state index contributed by atoms with van der Waals surface area (Å²) < 4.78 is 0. The maximum atomic E-state index is 13.5. The Labute approximate surface area is 188 Å². The highest BCUT2D eigenvalue weighted by atomic mass is 32.2. The summed E-state index contributed by atoms with van der Waals surface area (Å²) in [5, 5.41) is 6.32. The number of nitrogens with zero attached hydrogens (tertiary/aromatic N) is 1. The molecule has 6 heteroatoms. The lowest BCUT2D eigenvalue weighted by Crippen LogP contribution is -2.41. The van der Waals surface area contributed by atoms with Crippen molar-refractivity contribution in [3.05, 3.63) is 65.4 Å². The number of hydrogen-bond donors (Lipinski definition) is 2. The van der Waals surface area contributed by atoms with Gasteiger partial charge >= 0.3 is 0 Å². The zero-order valence-corrected chi connectivity index (χ0v) is 19.3. The molecule has 0 radical (unpaired) electrons. The molecule has 31 heavy (non-hydrogen) atoms. The number of para-hydroxylation sites is 2. The van der Waals surface area contributed by atoms with Crippen LogP contribution in [-0.4, -0.2) is 31.5 Å². The number of benzene rings is 2. The molecule has 0 spiro atoms. The van der Waals surface area contributed by atoms with E-state index in [4.69, 9.17) is 0 Å². The van der Waals surface area contributed by atoms with Crippen molar-refractivity contribution in [2.75, 3.05) is 30.1 Å². The quantitative estimate of drug-likeness (QED) is 0.678. The monoisotopic (exact) mass is 435 g/mol. The van der Waals surface area contributed by atoms with Crippen molar-refractivity contribution in [2.45, 2.75) is 37.6 Å². The van der Waals surface area contributed by atoms with E-state index in [0.717, 1.165) is 34.6 Å². The van der Waals surface area contributed by atoms with Crippen molar-refractivity contribution in [1.82, 2.24) is 5.32 Å². The van der Waals surface area contributed by atoms with Gasteiger partial charge in [-0.1, -0.05) is 38.1 Å². The van der Waals surface area contributed by atoms with Crippen LogP contribution in [0.15, 0.2) is 64.7 Å². The van der Waals surface area contributed by atoms with Gasteiger partial charge in [-0.25, -0.2) is 0 Å². The van der Waals surface area contributed by atoms with Gasteiger partial charge in [-0.3, -0.25) is 9.59 Å². The molecule has 162 valence electrons. The van der Waals surface area contributed by atoms with E-state index in [1.165, 1.54) is 4.90 Å². The fourth-order valence-electron chi connectivity index (χ4n) is 4.59. The summed E-state index contributed by atoms with van der Waals surface area (Å²) in [5.41, 5.74) is 4.49. The lowest BCUT2D eigenvalue weighted by molar-refractivity contribution is -0.120. The number of carbonyl (C=O) groups is 2. The van der Waals surface area contributed by atoms with E-state index in [0.29, 0.717) is 6.42 Å². The molecule has 0 saturated carbocycles. The van der Waals surface area contributed by atoms with Gasteiger partial charge in [0, 0.05) is 29.6 Å². The highest BCUT2D eigenvalue weighted by molar-refractivity contribution is 7.98. The van der Waals surface area contributed by atoms with Crippen molar-refractivity contribution in [2.24, 2.45) is 5.41 Å². The first-order valence-corrected chi connectivity index (χ1v) is 11.8. The first-order chi connectivity index (χ1) is 14.8. The number of nitrogens with one attached hydrogen (secondary N) is 2. The van der Waals surface area contributed by atoms with Gasteiger partial charge in [-0.2, -0.15) is 0 Å². The van der Waals surface area contributed by atoms with E-state index in [9.17, 15) is 9.59 Å². The van der Waals surface area contributed by atoms with Crippen LogP contribution in [0, 0.1) is 5.41 Å². The predicted molar refractivity (Wildman–Crippen MR) is 127 cm³/mol. The molecule has 1 heterocycles. The largest absolute Gasteiger partial charge is 0.358 e. The van der Waals surface area contributed by atoms with Crippen molar-refractivity contribution >= 4 is 34.8 Å². The van der Waals surface area contributed by atoms with Crippen LogP contribution in [0.25, 0.3) is 0 Å². The second kappa shape index (κ2) is 8.42. The van der Waals surface area contributed by atoms with Gasteiger partial charge in [0.15, 0.2) is 5.78 Å². The molecule has 0 fully saturated rings. The lowest BCUT2D eigenvalue weighted by atomic mass is 9.73. The number of ketones is 1. The minimum absolute atomic E-state index is 0.0897. The van der Waals surface area contributed by atoms with Gasteiger partial charge < -0.3 is 15.5 Å². The highest BCUT2D eigenvalue weighted by Gasteiger charge is 2.41. The average molecular weight is 436 g/mol. The lowest BCUT2D eigenvalue weighted by Gasteiger charge is -2.37. The van der Waals surface area contributed by atoms with Crippen LogP contribution >= 0.6 is 11.8 Å². The number of anilines is 2. The van der Waals surface area contributed by atoms with Crippen molar-refractivity contribution < 1.29 is 9.59 Å². The van der Waals surface area contributed by atoms with Gasteiger partial charge in [0.2, 0.25) is 5.91 Å². The topological polar surface area (TPSA) is 61.4 Å². The second-order valence-electron chi connectivity index (χ2n) is 8.95.